The highest BCUT2D eigenvalue weighted by Gasteiger charge is 2.71. The number of allylic oxidation sites excluding steroid dienone is 5. The van der Waals surface area contributed by atoms with E-state index in [0.717, 1.165) is 49.6 Å². The lowest BCUT2D eigenvalue weighted by Crippen LogP contribution is -2.49. The molecule has 0 amide bonds. The molecule has 41 heavy (non-hydrogen) atoms. The van der Waals surface area contributed by atoms with Gasteiger partial charge in [0.05, 0.1) is 17.0 Å². The molecule has 0 N–H and O–H groups in total. The minimum absolute atomic E-state index is 0.0624. The van der Waals surface area contributed by atoms with Gasteiger partial charge in [-0.15, -0.1) is 0 Å². The van der Waals surface area contributed by atoms with Crippen LogP contribution in [-0.4, -0.2) is 76.9 Å². The van der Waals surface area contributed by atoms with Crippen molar-refractivity contribution >= 4 is 5.70 Å². The predicted octanol–water partition coefficient (Wildman–Crippen LogP) is 6.01. The van der Waals surface area contributed by atoms with Gasteiger partial charge in [0.15, 0.2) is 0 Å². The van der Waals surface area contributed by atoms with Gasteiger partial charge in [-0.1, -0.05) is 43.4 Å². The summed E-state index contributed by atoms with van der Waals surface area (Å²) in [5.41, 5.74) is 5.40. The van der Waals surface area contributed by atoms with Gasteiger partial charge in [0, 0.05) is 45.4 Å². The van der Waals surface area contributed by atoms with E-state index in [0.29, 0.717) is 19.8 Å². The number of aromatic nitrogens is 3. The van der Waals surface area contributed by atoms with E-state index in [2.05, 4.69) is 69.4 Å². The Morgan fingerprint density at radius 1 is 1.24 bits per heavy atom. The molecule has 0 spiro atoms. The van der Waals surface area contributed by atoms with E-state index >= 15 is 0 Å². The fourth-order valence-corrected chi connectivity index (χ4v) is 6.01. The quantitative estimate of drug-likeness (QED) is 0.138. The number of nitrogens with zero attached hydrogens (tertiary/aromatic N) is 4. The van der Waals surface area contributed by atoms with Crippen molar-refractivity contribution in [3.63, 3.8) is 0 Å². The van der Waals surface area contributed by atoms with Crippen LogP contribution in [0.3, 0.4) is 0 Å². The van der Waals surface area contributed by atoms with E-state index in [4.69, 9.17) is 24.0 Å². The molecule has 8 heteroatoms. The molecule has 1 saturated carbocycles. The molecule has 0 bridgehead atoms. The first-order valence-corrected chi connectivity index (χ1v) is 14.9. The lowest BCUT2D eigenvalue weighted by atomic mass is 9.88. The Hall–Kier alpha value is -2.36. The highest BCUT2D eigenvalue weighted by atomic mass is 16.8. The molecule has 8 nitrogen and oxygen atoms in total. The standard InChI is InChI=1S/C33H50N4O4/c1-11-24(3)14-15-26(5)37-34-27(6)29(35-37)21-36(16-13-17-38-10)20-28-18-25(4)32(22-31(32,9)19-28)41-30(7,8)33(23-40-33)39-12-2/h11,14-15,18-19H,5,12-13,16-17,20-23H2,1-4,6-10H3/b15-14-,24-11-. The number of fused-ring (bicyclic) bond motifs is 1. The zero-order chi connectivity index (χ0) is 30.1. The number of hydrogen-bond acceptors (Lipinski definition) is 7. The van der Waals surface area contributed by atoms with Crippen molar-refractivity contribution in [1.29, 1.82) is 0 Å². The molecule has 1 saturated heterocycles. The Kier molecular flexibility index (Phi) is 9.31. The van der Waals surface area contributed by atoms with Crippen LogP contribution >= 0.6 is 0 Å². The van der Waals surface area contributed by atoms with Crippen molar-refractivity contribution < 1.29 is 18.9 Å². The molecule has 1 aromatic rings. The van der Waals surface area contributed by atoms with Crippen molar-refractivity contribution in [2.75, 3.05) is 40.0 Å². The van der Waals surface area contributed by atoms with E-state index in [1.165, 1.54) is 16.7 Å². The summed E-state index contributed by atoms with van der Waals surface area (Å²) in [7, 11) is 1.75. The van der Waals surface area contributed by atoms with Crippen molar-refractivity contribution in [2.45, 2.75) is 91.8 Å². The van der Waals surface area contributed by atoms with Crippen molar-refractivity contribution in [3.8, 4) is 0 Å². The smallest absolute Gasteiger partial charge is 0.221 e. The Morgan fingerprint density at radius 3 is 2.59 bits per heavy atom. The number of epoxide rings is 1. The van der Waals surface area contributed by atoms with Crippen molar-refractivity contribution in [1.82, 2.24) is 19.9 Å². The summed E-state index contributed by atoms with van der Waals surface area (Å²) in [6.07, 6.45) is 12.7. The molecule has 2 heterocycles. The van der Waals surface area contributed by atoms with Crippen molar-refractivity contribution in [3.05, 3.63) is 65.1 Å². The summed E-state index contributed by atoms with van der Waals surface area (Å²) in [4.78, 5) is 4.07. The van der Waals surface area contributed by atoms with Crippen molar-refractivity contribution in [2.24, 2.45) is 5.41 Å². The predicted molar refractivity (Wildman–Crippen MR) is 163 cm³/mol. The number of aryl methyl sites for hydroxylation is 1. The van der Waals surface area contributed by atoms with Gasteiger partial charge >= 0.3 is 0 Å². The second kappa shape index (κ2) is 12.1. The van der Waals surface area contributed by atoms with E-state index in [1.807, 2.05) is 32.9 Å². The molecule has 1 aliphatic heterocycles. The summed E-state index contributed by atoms with van der Waals surface area (Å²) in [5.74, 6) is -0.648. The molecular formula is C33H50N4O4. The average molecular weight is 567 g/mol. The second-order valence-electron chi connectivity index (χ2n) is 12.5. The molecule has 1 aromatic heterocycles. The largest absolute Gasteiger partial charge is 0.385 e. The summed E-state index contributed by atoms with van der Waals surface area (Å²) < 4.78 is 24.1. The van der Waals surface area contributed by atoms with Crippen LogP contribution in [0.25, 0.3) is 5.70 Å². The molecule has 3 unspecified atom stereocenters. The molecule has 3 atom stereocenters. The number of ether oxygens (including phenoxy) is 4. The maximum atomic E-state index is 6.92. The maximum absolute atomic E-state index is 6.92. The van der Waals surface area contributed by atoms with Crippen LogP contribution in [0, 0.1) is 12.3 Å². The van der Waals surface area contributed by atoms with E-state index in [9.17, 15) is 0 Å². The zero-order valence-corrected chi connectivity index (χ0v) is 26.7. The Labute approximate surface area is 246 Å². The SMILES string of the molecule is C=C(/C=C\C(C)=C/C)n1nc(C)c(CN(CCCOC)CC2=CC3(C)CC3(OC(C)(C)C3(OCC)CO3)C(C)=C2)n1. The summed E-state index contributed by atoms with van der Waals surface area (Å²) in [6, 6.07) is 0. The van der Waals surface area contributed by atoms with E-state index in [1.54, 1.807) is 11.9 Å². The molecule has 0 aromatic carbocycles. The fraction of sp³-hybridized carbons (Fsp3) is 0.636. The average Bonchev–Trinajstić information content (AvgIpc) is 3.78. The van der Waals surface area contributed by atoms with Crippen LogP contribution in [0.2, 0.25) is 0 Å². The highest BCUT2D eigenvalue weighted by molar-refractivity contribution is 5.53. The molecule has 2 aliphatic carbocycles. The van der Waals surface area contributed by atoms with Gasteiger partial charge < -0.3 is 18.9 Å². The summed E-state index contributed by atoms with van der Waals surface area (Å²) in [5, 5.41) is 9.46. The van der Waals surface area contributed by atoms with Crippen LogP contribution in [0.1, 0.15) is 72.7 Å². The third-order valence-corrected chi connectivity index (χ3v) is 8.82. The summed E-state index contributed by atoms with van der Waals surface area (Å²) >= 11 is 0. The minimum Gasteiger partial charge on any atom is -0.385 e. The van der Waals surface area contributed by atoms with Crippen LogP contribution in [-0.2, 0) is 25.5 Å². The second-order valence-corrected chi connectivity index (χ2v) is 12.5. The molecule has 4 rings (SSSR count). The molecule has 2 fully saturated rings. The Morgan fingerprint density at radius 2 is 1.98 bits per heavy atom. The molecular weight excluding hydrogens is 516 g/mol. The van der Waals surface area contributed by atoms with Crippen LogP contribution in [0.4, 0.5) is 0 Å². The Bertz CT molecular complexity index is 1250. The number of rotatable bonds is 16. The topological polar surface area (TPSA) is 74.2 Å². The van der Waals surface area contributed by atoms with Crippen LogP contribution in [0.5, 0.6) is 0 Å². The van der Waals surface area contributed by atoms with Gasteiger partial charge in [0.25, 0.3) is 0 Å². The molecule has 0 radical (unpaired) electrons. The third-order valence-electron chi connectivity index (χ3n) is 8.82. The van der Waals surface area contributed by atoms with E-state index < -0.39 is 11.4 Å². The fourth-order valence-electron chi connectivity index (χ4n) is 6.01. The lowest BCUT2D eigenvalue weighted by molar-refractivity contribution is -0.210. The summed E-state index contributed by atoms with van der Waals surface area (Å²) in [6.45, 7) is 25.2. The molecule has 226 valence electrons. The highest BCUT2D eigenvalue weighted by Crippen LogP contribution is 2.67. The zero-order valence-electron chi connectivity index (χ0n) is 26.7. The van der Waals surface area contributed by atoms with Gasteiger partial charge in [0.2, 0.25) is 5.79 Å². The third kappa shape index (κ3) is 6.52. The lowest BCUT2D eigenvalue weighted by Gasteiger charge is -2.39. The van der Waals surface area contributed by atoms with E-state index in [-0.39, 0.29) is 11.0 Å². The first kappa shape index (κ1) is 31.6. The van der Waals surface area contributed by atoms with Crippen LogP contribution < -0.4 is 0 Å². The van der Waals surface area contributed by atoms with Gasteiger partial charge in [-0.05, 0) is 78.5 Å². The maximum Gasteiger partial charge on any atom is 0.221 e. The Balaban J connectivity index is 1.49. The number of methoxy groups -OCH3 is 1. The first-order valence-electron chi connectivity index (χ1n) is 14.9. The first-order chi connectivity index (χ1) is 19.3. The van der Waals surface area contributed by atoms with Gasteiger partial charge in [-0.3, -0.25) is 4.90 Å². The van der Waals surface area contributed by atoms with Crippen LogP contribution in [0.15, 0.2) is 53.7 Å². The monoisotopic (exact) mass is 566 g/mol. The molecule has 3 aliphatic rings. The normalized spacial score (nSPS) is 27.7. The van der Waals surface area contributed by atoms with Gasteiger partial charge in [0.1, 0.15) is 17.9 Å². The van der Waals surface area contributed by atoms with Gasteiger partial charge in [-0.25, -0.2) is 0 Å². The minimum atomic E-state index is -0.648. The van der Waals surface area contributed by atoms with Gasteiger partial charge in [-0.2, -0.15) is 15.0 Å². The number of hydrogen-bond donors (Lipinski definition) is 0.